The summed E-state index contributed by atoms with van der Waals surface area (Å²) in [6, 6.07) is 14.2. The largest absolute Gasteiger partial charge is 0.355 e. The zero-order valence-corrected chi connectivity index (χ0v) is 18.3. The van der Waals surface area contributed by atoms with Gasteiger partial charge in [0.25, 0.3) is 15.9 Å². The van der Waals surface area contributed by atoms with Gasteiger partial charge >= 0.3 is 0 Å². The molecule has 0 aliphatic carbocycles. The monoisotopic (exact) mass is 443 g/mol. The molecule has 0 bridgehead atoms. The van der Waals surface area contributed by atoms with Crippen LogP contribution in [0.4, 0.5) is 0 Å². The van der Waals surface area contributed by atoms with E-state index >= 15 is 0 Å². The lowest BCUT2D eigenvalue weighted by atomic mass is 10.1. The van der Waals surface area contributed by atoms with E-state index in [1.807, 2.05) is 30.3 Å². The van der Waals surface area contributed by atoms with E-state index < -0.39 is 34.4 Å². The molecule has 3 rings (SSSR count). The smallest absolute Gasteiger partial charge is 0.269 e. The summed E-state index contributed by atoms with van der Waals surface area (Å²) in [7, 11) is -4.12. The number of sulfonamides is 1. The Labute approximate surface area is 181 Å². The molecule has 2 aromatic carbocycles. The molecular formula is C22H25N3O5S. The van der Waals surface area contributed by atoms with Crippen LogP contribution in [-0.2, 0) is 26.2 Å². The van der Waals surface area contributed by atoms with Crippen LogP contribution in [0.5, 0.6) is 0 Å². The Morgan fingerprint density at radius 3 is 2.29 bits per heavy atom. The van der Waals surface area contributed by atoms with E-state index in [0.29, 0.717) is 17.3 Å². The quantitative estimate of drug-likeness (QED) is 0.670. The Balaban J connectivity index is 1.91. The molecule has 0 saturated heterocycles. The van der Waals surface area contributed by atoms with Gasteiger partial charge in [0, 0.05) is 13.1 Å². The Morgan fingerprint density at radius 1 is 1.03 bits per heavy atom. The maximum atomic E-state index is 13.3. The van der Waals surface area contributed by atoms with Crippen molar-refractivity contribution >= 4 is 27.7 Å². The van der Waals surface area contributed by atoms with E-state index in [2.05, 4.69) is 5.32 Å². The number of benzene rings is 2. The topological polar surface area (TPSA) is 104 Å². The van der Waals surface area contributed by atoms with Crippen molar-refractivity contribution in [3.05, 3.63) is 65.7 Å². The molecule has 9 heteroatoms. The van der Waals surface area contributed by atoms with Crippen LogP contribution in [0.25, 0.3) is 0 Å². The van der Waals surface area contributed by atoms with Gasteiger partial charge in [-0.3, -0.25) is 14.4 Å². The van der Waals surface area contributed by atoms with Crippen LogP contribution in [0, 0.1) is 0 Å². The third kappa shape index (κ3) is 4.46. The first-order chi connectivity index (χ1) is 14.8. The third-order valence-corrected chi connectivity index (χ3v) is 6.91. The van der Waals surface area contributed by atoms with Crippen LogP contribution in [0.15, 0.2) is 59.5 Å². The maximum Gasteiger partial charge on any atom is 0.269 e. The average molecular weight is 444 g/mol. The first-order valence-electron chi connectivity index (χ1n) is 10.1. The second-order valence-corrected chi connectivity index (χ2v) is 8.97. The molecule has 1 atom stereocenters. The summed E-state index contributed by atoms with van der Waals surface area (Å²) < 4.78 is 26.3. The average Bonchev–Trinajstić information content (AvgIpc) is 2.95. The number of rotatable bonds is 8. The Bertz CT molecular complexity index is 1090. The first kappa shape index (κ1) is 22.5. The van der Waals surface area contributed by atoms with Crippen molar-refractivity contribution in [3.63, 3.8) is 0 Å². The standard InChI is InChI=1S/C22H25N3O5S/c1-3-18(21(27)23-4-2)24(14-16-10-6-5-7-11-16)20(26)15-25-22(28)17-12-8-9-13-19(17)31(25,29)30/h5-13,18H,3-4,14-15H2,1-2H3,(H,23,27). The Hall–Kier alpha value is -3.20. The predicted molar refractivity (Wildman–Crippen MR) is 114 cm³/mol. The van der Waals surface area contributed by atoms with Gasteiger partial charge in [0.1, 0.15) is 17.5 Å². The molecule has 0 fully saturated rings. The minimum atomic E-state index is -4.12. The van der Waals surface area contributed by atoms with Crippen molar-refractivity contribution in [2.75, 3.05) is 13.1 Å². The summed E-state index contributed by atoms with van der Waals surface area (Å²) in [6.45, 7) is 3.40. The summed E-state index contributed by atoms with van der Waals surface area (Å²) >= 11 is 0. The van der Waals surface area contributed by atoms with Gasteiger partial charge in [-0.05, 0) is 31.0 Å². The van der Waals surface area contributed by atoms with E-state index in [4.69, 9.17) is 0 Å². The number of hydrogen-bond donors (Lipinski definition) is 1. The molecule has 0 spiro atoms. The molecule has 1 N–H and O–H groups in total. The molecular weight excluding hydrogens is 418 g/mol. The Kier molecular flexibility index (Phi) is 6.74. The minimum absolute atomic E-state index is 0.0423. The van der Waals surface area contributed by atoms with Gasteiger partial charge in [-0.15, -0.1) is 0 Å². The molecule has 0 aromatic heterocycles. The summed E-state index contributed by atoms with van der Waals surface area (Å²) in [6.07, 6.45) is 0.339. The highest BCUT2D eigenvalue weighted by molar-refractivity contribution is 7.90. The van der Waals surface area contributed by atoms with Crippen molar-refractivity contribution in [2.24, 2.45) is 0 Å². The fourth-order valence-corrected chi connectivity index (χ4v) is 5.11. The molecule has 1 unspecified atom stereocenters. The van der Waals surface area contributed by atoms with Gasteiger partial charge < -0.3 is 10.2 Å². The van der Waals surface area contributed by atoms with E-state index in [0.717, 1.165) is 5.56 Å². The highest BCUT2D eigenvalue weighted by atomic mass is 32.2. The molecule has 31 heavy (non-hydrogen) atoms. The first-order valence-corrected chi connectivity index (χ1v) is 11.5. The van der Waals surface area contributed by atoms with Gasteiger partial charge in [-0.2, -0.15) is 0 Å². The van der Waals surface area contributed by atoms with Crippen LogP contribution < -0.4 is 5.32 Å². The molecule has 2 aromatic rings. The Morgan fingerprint density at radius 2 is 1.68 bits per heavy atom. The fraction of sp³-hybridized carbons (Fsp3) is 0.318. The summed E-state index contributed by atoms with van der Waals surface area (Å²) in [4.78, 5) is 39.8. The molecule has 164 valence electrons. The van der Waals surface area contributed by atoms with Gasteiger partial charge in [0.2, 0.25) is 11.8 Å². The van der Waals surface area contributed by atoms with E-state index in [-0.39, 0.29) is 22.9 Å². The lowest BCUT2D eigenvalue weighted by Gasteiger charge is -2.31. The van der Waals surface area contributed by atoms with Gasteiger partial charge in [-0.25, -0.2) is 12.7 Å². The second kappa shape index (κ2) is 9.30. The predicted octanol–water partition coefficient (Wildman–Crippen LogP) is 1.77. The molecule has 8 nitrogen and oxygen atoms in total. The van der Waals surface area contributed by atoms with Gasteiger partial charge in [-0.1, -0.05) is 49.4 Å². The molecule has 0 radical (unpaired) electrons. The van der Waals surface area contributed by atoms with Crippen LogP contribution >= 0.6 is 0 Å². The van der Waals surface area contributed by atoms with Crippen molar-refractivity contribution < 1.29 is 22.8 Å². The number of fused-ring (bicyclic) bond motifs is 1. The zero-order valence-electron chi connectivity index (χ0n) is 17.4. The minimum Gasteiger partial charge on any atom is -0.355 e. The number of likely N-dealkylation sites (N-methyl/N-ethyl adjacent to an activating group) is 1. The lowest BCUT2D eigenvalue weighted by Crippen LogP contribution is -2.52. The summed E-state index contributed by atoms with van der Waals surface area (Å²) in [5.41, 5.74) is 0.832. The van der Waals surface area contributed by atoms with Crippen LogP contribution in [0.3, 0.4) is 0 Å². The molecule has 3 amide bonds. The van der Waals surface area contributed by atoms with E-state index in [1.165, 1.54) is 23.1 Å². The molecule has 1 aliphatic rings. The number of hydrogen-bond acceptors (Lipinski definition) is 5. The lowest BCUT2D eigenvalue weighted by molar-refractivity contribution is -0.141. The molecule has 0 saturated carbocycles. The van der Waals surface area contributed by atoms with Gasteiger partial charge in [0.15, 0.2) is 0 Å². The molecule has 1 heterocycles. The third-order valence-electron chi connectivity index (χ3n) is 5.12. The number of amides is 3. The fourth-order valence-electron chi connectivity index (χ4n) is 3.59. The maximum absolute atomic E-state index is 13.3. The SMILES string of the molecule is CCNC(=O)C(CC)N(Cc1ccccc1)C(=O)CN1C(=O)c2ccccc2S1(=O)=O. The van der Waals surface area contributed by atoms with Crippen LogP contribution in [0.2, 0.25) is 0 Å². The van der Waals surface area contributed by atoms with Gasteiger partial charge in [0.05, 0.1) is 5.56 Å². The number of carbonyl (C=O) groups is 3. The van der Waals surface area contributed by atoms with E-state index in [9.17, 15) is 22.8 Å². The highest BCUT2D eigenvalue weighted by Gasteiger charge is 2.43. The second-order valence-electron chi connectivity index (χ2n) is 7.14. The zero-order chi connectivity index (χ0) is 22.6. The summed E-state index contributed by atoms with van der Waals surface area (Å²) in [5.74, 6) is -1.69. The normalized spacial score (nSPS) is 15.3. The molecule has 1 aliphatic heterocycles. The number of carbonyl (C=O) groups excluding carboxylic acids is 3. The number of nitrogens with zero attached hydrogens (tertiary/aromatic N) is 2. The van der Waals surface area contributed by atoms with Crippen molar-refractivity contribution in [3.8, 4) is 0 Å². The summed E-state index contributed by atoms with van der Waals surface area (Å²) in [5, 5.41) is 2.72. The van der Waals surface area contributed by atoms with Crippen molar-refractivity contribution in [2.45, 2.75) is 37.8 Å². The van der Waals surface area contributed by atoms with Crippen LogP contribution in [-0.4, -0.2) is 54.5 Å². The van der Waals surface area contributed by atoms with E-state index in [1.54, 1.807) is 19.9 Å². The van der Waals surface area contributed by atoms with Crippen molar-refractivity contribution in [1.29, 1.82) is 0 Å². The van der Waals surface area contributed by atoms with Crippen molar-refractivity contribution in [1.82, 2.24) is 14.5 Å². The van der Waals surface area contributed by atoms with Crippen LogP contribution in [0.1, 0.15) is 36.2 Å². The number of nitrogens with one attached hydrogen (secondary N) is 1. The highest BCUT2D eigenvalue weighted by Crippen LogP contribution is 2.30.